The summed E-state index contributed by atoms with van der Waals surface area (Å²) < 4.78 is 91.8. The molecule has 3 aromatic rings. The highest BCUT2D eigenvalue weighted by molar-refractivity contribution is 5.81. The topological polar surface area (TPSA) is 111 Å². The van der Waals surface area contributed by atoms with Crippen LogP contribution in [0.5, 0.6) is 0 Å². The van der Waals surface area contributed by atoms with Crippen molar-refractivity contribution in [3.05, 3.63) is 57.9 Å². The van der Waals surface area contributed by atoms with Crippen molar-refractivity contribution in [1.82, 2.24) is 19.8 Å². The van der Waals surface area contributed by atoms with Crippen molar-refractivity contribution in [2.75, 3.05) is 5.43 Å². The van der Waals surface area contributed by atoms with Gasteiger partial charge < -0.3 is 0 Å². The Labute approximate surface area is 166 Å². The van der Waals surface area contributed by atoms with Gasteiger partial charge in [-0.15, -0.1) is 15.3 Å². The van der Waals surface area contributed by atoms with Gasteiger partial charge in [0.1, 0.15) is 0 Å². The van der Waals surface area contributed by atoms with E-state index < -0.39 is 34.4 Å². The Bertz CT molecular complexity index is 1160. The summed E-state index contributed by atoms with van der Waals surface area (Å²) in [6, 6.07) is 7.29. The second kappa shape index (κ2) is 7.44. The monoisotopic (exact) mass is 451 g/mol. The number of fused-ring (bicyclic) bond motifs is 1. The Morgan fingerprint density at radius 2 is 1.77 bits per heavy atom. The molecule has 0 aliphatic rings. The van der Waals surface area contributed by atoms with Gasteiger partial charge in [0.05, 0.1) is 11.1 Å². The first-order valence-corrected chi connectivity index (χ1v) is 7.93. The third kappa shape index (κ3) is 3.95. The van der Waals surface area contributed by atoms with E-state index in [-0.39, 0.29) is 21.6 Å². The van der Waals surface area contributed by atoms with Gasteiger partial charge in [0.25, 0.3) is 5.69 Å². The Kier molecular flexibility index (Phi) is 5.24. The minimum Gasteiger partial charge on any atom is -0.260 e. The molecule has 0 atom stereocenters. The fourth-order valence-corrected chi connectivity index (χ4v) is 2.25. The number of benzene rings is 1. The van der Waals surface area contributed by atoms with Gasteiger partial charge in [-0.2, -0.15) is 40.3 Å². The number of aromatic nitrogens is 4. The third-order valence-electron chi connectivity index (χ3n) is 3.77. The first kappa shape index (κ1) is 21.8. The molecule has 0 spiro atoms. The van der Waals surface area contributed by atoms with Crippen molar-refractivity contribution in [3.8, 4) is 0 Å². The lowest BCUT2D eigenvalue weighted by molar-refractivity contribution is -0.384. The molecule has 164 valence electrons. The highest BCUT2D eigenvalue weighted by Gasteiger charge is 2.75. The number of nitrogens with one attached hydrogen (secondary N) is 1. The number of hydrogen-bond acceptors (Lipinski definition) is 7. The van der Waals surface area contributed by atoms with E-state index in [0.717, 1.165) is 18.3 Å². The van der Waals surface area contributed by atoms with E-state index in [4.69, 9.17) is 0 Å². The van der Waals surface area contributed by atoms with Gasteiger partial charge in [-0.05, 0) is 12.1 Å². The van der Waals surface area contributed by atoms with Gasteiger partial charge in [-0.1, -0.05) is 12.1 Å². The number of anilines is 1. The number of non-ortho nitro benzene ring substituents is 1. The quantitative estimate of drug-likeness (QED) is 0.264. The number of nitro groups is 1. The van der Waals surface area contributed by atoms with E-state index >= 15 is 0 Å². The lowest BCUT2D eigenvalue weighted by Gasteiger charge is -2.26. The molecule has 0 saturated heterocycles. The number of nitrogens with zero attached hydrogens (tertiary/aromatic N) is 6. The van der Waals surface area contributed by atoms with E-state index in [0.29, 0.717) is 0 Å². The Hall–Kier alpha value is -3.85. The highest BCUT2D eigenvalue weighted by Crippen LogP contribution is 2.51. The lowest BCUT2D eigenvalue weighted by Crippen LogP contribution is -2.51. The van der Waals surface area contributed by atoms with Crippen molar-refractivity contribution in [3.63, 3.8) is 0 Å². The third-order valence-corrected chi connectivity index (χ3v) is 3.77. The zero-order chi connectivity index (χ0) is 23.0. The van der Waals surface area contributed by atoms with Crippen molar-refractivity contribution in [2.24, 2.45) is 5.10 Å². The Balaban J connectivity index is 1.90. The van der Waals surface area contributed by atoms with Crippen LogP contribution >= 0.6 is 0 Å². The van der Waals surface area contributed by atoms with Crippen LogP contribution in [0.25, 0.3) is 5.65 Å². The zero-order valence-corrected chi connectivity index (χ0v) is 14.7. The van der Waals surface area contributed by atoms with E-state index in [2.05, 4.69) is 25.8 Å². The molecular formula is C15H8F7N7O2. The number of nitro benzene ring substituents is 1. The van der Waals surface area contributed by atoms with Crippen LogP contribution < -0.4 is 5.43 Å². The van der Waals surface area contributed by atoms with Gasteiger partial charge in [-0.3, -0.25) is 15.5 Å². The molecule has 9 nitrogen and oxygen atoms in total. The number of halogens is 7. The van der Waals surface area contributed by atoms with E-state index in [1.165, 1.54) is 24.3 Å². The summed E-state index contributed by atoms with van der Waals surface area (Å²) in [5, 5.41) is 23.7. The molecule has 31 heavy (non-hydrogen) atoms. The molecule has 0 aliphatic heterocycles. The Morgan fingerprint density at radius 1 is 1.06 bits per heavy atom. The van der Waals surface area contributed by atoms with Crippen LogP contribution in [0, 0.1) is 10.1 Å². The summed E-state index contributed by atoms with van der Waals surface area (Å²) in [6.45, 7) is 0. The molecule has 16 heteroatoms. The van der Waals surface area contributed by atoms with Gasteiger partial charge in [-0.25, -0.2) is 0 Å². The number of alkyl halides is 7. The molecular weight excluding hydrogens is 443 g/mol. The maximum absolute atomic E-state index is 14.0. The molecule has 0 fully saturated rings. The van der Waals surface area contributed by atoms with Crippen LogP contribution in [0.2, 0.25) is 0 Å². The summed E-state index contributed by atoms with van der Waals surface area (Å²) >= 11 is 0. The SMILES string of the molecule is O=[N+]([O-])c1cccc(/C=N/Nc2ccc3nnc(C(F)(F)C(F)(F)C(F)(F)F)n3n2)c1. The largest absolute Gasteiger partial charge is 0.460 e. The average Bonchev–Trinajstić information content (AvgIpc) is 3.11. The molecule has 0 bridgehead atoms. The molecule has 0 unspecified atom stereocenters. The first-order chi connectivity index (χ1) is 14.3. The van der Waals surface area contributed by atoms with Gasteiger partial charge in [0.15, 0.2) is 11.5 Å². The minimum absolute atomic E-state index is 0.0187. The van der Waals surface area contributed by atoms with E-state index in [1.807, 2.05) is 0 Å². The van der Waals surface area contributed by atoms with Crippen molar-refractivity contribution in [2.45, 2.75) is 18.0 Å². The summed E-state index contributed by atoms with van der Waals surface area (Å²) in [7, 11) is 0. The summed E-state index contributed by atoms with van der Waals surface area (Å²) in [5.74, 6) is -14.6. The normalized spacial score (nSPS) is 13.1. The molecule has 0 radical (unpaired) electrons. The molecule has 3 rings (SSSR count). The van der Waals surface area contributed by atoms with Gasteiger partial charge in [0, 0.05) is 17.7 Å². The van der Waals surface area contributed by atoms with E-state index in [9.17, 15) is 40.8 Å². The summed E-state index contributed by atoms with van der Waals surface area (Å²) in [5.41, 5.74) is 1.74. The predicted octanol–water partition coefficient (Wildman–Crippen LogP) is 3.77. The maximum atomic E-state index is 14.0. The van der Waals surface area contributed by atoms with Crippen molar-refractivity contribution < 1.29 is 35.7 Å². The fraction of sp³-hybridized carbons (Fsp3) is 0.200. The average molecular weight is 451 g/mol. The lowest BCUT2D eigenvalue weighted by atomic mass is 10.1. The summed E-state index contributed by atoms with van der Waals surface area (Å²) in [4.78, 5) is 10.1. The maximum Gasteiger partial charge on any atom is 0.460 e. The van der Waals surface area contributed by atoms with Crippen LogP contribution in [-0.2, 0) is 5.92 Å². The fourth-order valence-electron chi connectivity index (χ4n) is 2.25. The standard InChI is InChI=1S/C15H8F7N7O2/c16-13(17,14(18,19)15(20,21)22)12-26-25-11-5-4-10(27-28(11)12)24-23-7-8-2-1-3-9(6-8)29(30)31/h1-7H,(H,24,27)/b23-7+. The minimum atomic E-state index is -6.55. The number of rotatable bonds is 6. The van der Waals surface area contributed by atoms with Crippen LogP contribution in [0.1, 0.15) is 11.4 Å². The van der Waals surface area contributed by atoms with Crippen LogP contribution in [-0.4, -0.2) is 43.0 Å². The van der Waals surface area contributed by atoms with Crippen LogP contribution in [0.3, 0.4) is 0 Å². The van der Waals surface area contributed by atoms with Crippen molar-refractivity contribution >= 4 is 23.4 Å². The van der Waals surface area contributed by atoms with Gasteiger partial charge >= 0.3 is 18.0 Å². The van der Waals surface area contributed by atoms with Crippen LogP contribution in [0.4, 0.5) is 42.2 Å². The second-order valence-electron chi connectivity index (χ2n) is 5.88. The molecule has 0 amide bonds. The molecule has 2 aromatic heterocycles. The predicted molar refractivity (Wildman–Crippen MR) is 90.0 cm³/mol. The molecule has 0 aliphatic carbocycles. The molecule has 1 N–H and O–H groups in total. The first-order valence-electron chi connectivity index (χ1n) is 7.93. The van der Waals surface area contributed by atoms with Gasteiger partial charge in [0.2, 0.25) is 5.82 Å². The molecule has 1 aromatic carbocycles. The molecule has 0 saturated carbocycles. The van der Waals surface area contributed by atoms with E-state index in [1.54, 1.807) is 0 Å². The number of hydrazone groups is 1. The smallest absolute Gasteiger partial charge is 0.260 e. The molecule has 2 heterocycles. The van der Waals surface area contributed by atoms with Crippen molar-refractivity contribution in [1.29, 1.82) is 0 Å². The summed E-state index contributed by atoms with van der Waals surface area (Å²) in [6.07, 6.45) is -5.46. The highest BCUT2D eigenvalue weighted by atomic mass is 19.4. The number of hydrogen-bond donors (Lipinski definition) is 1. The second-order valence-corrected chi connectivity index (χ2v) is 5.88. The van der Waals surface area contributed by atoms with Crippen LogP contribution in [0.15, 0.2) is 41.5 Å². The Morgan fingerprint density at radius 3 is 2.42 bits per heavy atom. The zero-order valence-electron chi connectivity index (χ0n) is 14.7.